The Balaban J connectivity index is 1.89. The predicted molar refractivity (Wildman–Crippen MR) is 99.0 cm³/mol. The number of carbonyl (C=O) groups excluding carboxylic acids is 1. The molecule has 0 unspecified atom stereocenters. The molecular formula is C21H13F4N2O2. The third-order valence-electron chi connectivity index (χ3n) is 4.50. The van der Waals surface area contributed by atoms with Gasteiger partial charge in [-0.15, -0.1) is 13.2 Å². The average molecular weight is 401 g/mol. The van der Waals surface area contributed by atoms with Crippen LogP contribution in [0, 0.1) is 11.9 Å². The molecule has 3 aromatic carbocycles. The highest BCUT2D eigenvalue weighted by Crippen LogP contribution is 2.33. The van der Waals surface area contributed by atoms with Gasteiger partial charge in [-0.3, -0.25) is 4.79 Å². The van der Waals surface area contributed by atoms with E-state index in [2.05, 4.69) is 10.8 Å². The fourth-order valence-electron chi connectivity index (χ4n) is 3.43. The van der Waals surface area contributed by atoms with E-state index in [1.165, 1.54) is 36.4 Å². The minimum absolute atomic E-state index is 0.163. The van der Waals surface area contributed by atoms with E-state index in [4.69, 9.17) is 5.73 Å². The number of hydrogen-bond donors (Lipinski definition) is 1. The SMILES string of the molecule is NC(=O)c1cccc2c1c1[c]c(F)ccc1n2Cc1cccc(OC(F)(F)F)c1. The minimum atomic E-state index is -4.80. The Kier molecular flexibility index (Phi) is 4.41. The van der Waals surface area contributed by atoms with Crippen molar-refractivity contribution in [3.63, 3.8) is 0 Å². The van der Waals surface area contributed by atoms with Gasteiger partial charge in [-0.1, -0.05) is 18.2 Å². The zero-order chi connectivity index (χ0) is 20.8. The highest BCUT2D eigenvalue weighted by atomic mass is 19.4. The number of nitrogens with zero attached hydrogens (tertiary/aromatic N) is 1. The molecule has 0 fully saturated rings. The summed E-state index contributed by atoms with van der Waals surface area (Å²) in [6, 6.07) is 15.8. The summed E-state index contributed by atoms with van der Waals surface area (Å²) < 4.78 is 57.1. The Morgan fingerprint density at radius 3 is 2.55 bits per heavy atom. The molecule has 1 aromatic heterocycles. The molecular weight excluding hydrogens is 388 g/mol. The van der Waals surface area contributed by atoms with Crippen LogP contribution >= 0.6 is 0 Å². The van der Waals surface area contributed by atoms with E-state index in [1.807, 2.05) is 0 Å². The number of halogens is 4. The minimum Gasteiger partial charge on any atom is -0.406 e. The monoisotopic (exact) mass is 401 g/mol. The van der Waals surface area contributed by atoms with Crippen molar-refractivity contribution in [1.29, 1.82) is 0 Å². The van der Waals surface area contributed by atoms with Crippen LogP contribution in [0.4, 0.5) is 17.6 Å². The Hall–Kier alpha value is -3.55. The zero-order valence-corrected chi connectivity index (χ0v) is 14.8. The van der Waals surface area contributed by atoms with Crippen LogP contribution in [-0.2, 0) is 6.54 Å². The van der Waals surface area contributed by atoms with Crippen LogP contribution in [0.2, 0.25) is 0 Å². The van der Waals surface area contributed by atoms with Gasteiger partial charge in [0.2, 0.25) is 5.91 Å². The third kappa shape index (κ3) is 3.61. The molecule has 2 N–H and O–H groups in total. The van der Waals surface area contributed by atoms with Crippen LogP contribution in [0.1, 0.15) is 15.9 Å². The van der Waals surface area contributed by atoms with E-state index in [0.717, 1.165) is 0 Å². The summed E-state index contributed by atoms with van der Waals surface area (Å²) in [5.41, 5.74) is 7.36. The largest absolute Gasteiger partial charge is 0.573 e. The third-order valence-corrected chi connectivity index (χ3v) is 4.50. The molecule has 8 heteroatoms. The summed E-state index contributed by atoms with van der Waals surface area (Å²) in [6.07, 6.45) is -4.80. The van der Waals surface area contributed by atoms with Gasteiger partial charge in [-0.05, 0) is 42.0 Å². The number of ether oxygens (including phenoxy) is 1. The van der Waals surface area contributed by atoms with Gasteiger partial charge in [0.25, 0.3) is 0 Å². The van der Waals surface area contributed by atoms with Crippen molar-refractivity contribution < 1.29 is 27.1 Å². The molecule has 0 saturated heterocycles. The summed E-state index contributed by atoms with van der Waals surface area (Å²) >= 11 is 0. The van der Waals surface area contributed by atoms with Crippen LogP contribution in [0.5, 0.6) is 5.75 Å². The summed E-state index contributed by atoms with van der Waals surface area (Å²) in [6.45, 7) is 0.163. The maximum absolute atomic E-state index is 13.8. The number of nitrogens with two attached hydrogens (primary N) is 1. The first kappa shape index (κ1) is 18.8. The summed E-state index contributed by atoms with van der Waals surface area (Å²) in [7, 11) is 0. The van der Waals surface area contributed by atoms with Crippen molar-refractivity contribution in [3.05, 3.63) is 77.6 Å². The number of fused-ring (bicyclic) bond motifs is 3. The van der Waals surface area contributed by atoms with Gasteiger partial charge in [0.15, 0.2) is 0 Å². The summed E-state index contributed by atoms with van der Waals surface area (Å²) in [5, 5.41) is 0.814. The fraction of sp³-hybridized carbons (Fsp3) is 0.0952. The smallest absolute Gasteiger partial charge is 0.406 e. The number of benzene rings is 3. The van der Waals surface area contributed by atoms with Gasteiger partial charge in [-0.25, -0.2) is 4.39 Å². The molecule has 1 heterocycles. The second-order valence-electron chi connectivity index (χ2n) is 6.41. The van der Waals surface area contributed by atoms with Crippen LogP contribution in [-0.4, -0.2) is 16.8 Å². The van der Waals surface area contributed by atoms with Gasteiger partial charge < -0.3 is 15.0 Å². The van der Waals surface area contributed by atoms with Crippen molar-refractivity contribution in [2.45, 2.75) is 12.9 Å². The number of amides is 1. The Morgan fingerprint density at radius 2 is 1.83 bits per heavy atom. The topological polar surface area (TPSA) is 57.2 Å². The molecule has 4 nitrogen and oxygen atoms in total. The molecule has 0 bridgehead atoms. The zero-order valence-electron chi connectivity index (χ0n) is 14.8. The molecule has 0 aliphatic rings. The number of carbonyl (C=O) groups is 1. The summed E-state index contributed by atoms with van der Waals surface area (Å²) in [5.74, 6) is -1.62. The normalized spacial score (nSPS) is 11.9. The maximum atomic E-state index is 13.8. The lowest BCUT2D eigenvalue weighted by atomic mass is 10.1. The first-order valence-electron chi connectivity index (χ1n) is 8.50. The Morgan fingerprint density at radius 1 is 1.07 bits per heavy atom. The van der Waals surface area contributed by atoms with E-state index in [-0.39, 0.29) is 17.9 Å². The lowest BCUT2D eigenvalue weighted by molar-refractivity contribution is -0.274. The number of primary amides is 1. The first-order chi connectivity index (χ1) is 13.7. The van der Waals surface area contributed by atoms with Crippen molar-refractivity contribution in [2.75, 3.05) is 0 Å². The van der Waals surface area contributed by atoms with Gasteiger partial charge in [-0.2, -0.15) is 0 Å². The molecule has 0 aliphatic carbocycles. The average Bonchev–Trinajstić information content (AvgIpc) is 2.94. The van der Waals surface area contributed by atoms with E-state index < -0.39 is 18.1 Å². The number of aromatic nitrogens is 1. The number of rotatable bonds is 4. The van der Waals surface area contributed by atoms with Gasteiger partial charge in [0.05, 0.1) is 11.0 Å². The molecule has 0 aliphatic heterocycles. The van der Waals surface area contributed by atoms with Crippen LogP contribution in [0.3, 0.4) is 0 Å². The molecule has 29 heavy (non-hydrogen) atoms. The quantitative estimate of drug-likeness (QED) is 0.501. The Labute approximate surface area is 162 Å². The predicted octanol–water partition coefficient (Wildman–Crippen LogP) is 4.78. The fourth-order valence-corrected chi connectivity index (χ4v) is 3.43. The highest BCUT2D eigenvalue weighted by Gasteiger charge is 2.31. The van der Waals surface area contributed by atoms with E-state index in [0.29, 0.717) is 27.4 Å². The van der Waals surface area contributed by atoms with Crippen LogP contribution < -0.4 is 10.5 Å². The molecule has 147 valence electrons. The first-order valence-corrected chi connectivity index (χ1v) is 8.50. The van der Waals surface area contributed by atoms with Crippen molar-refractivity contribution in [2.24, 2.45) is 5.73 Å². The molecule has 0 saturated carbocycles. The second kappa shape index (κ2) is 6.80. The van der Waals surface area contributed by atoms with Gasteiger partial charge in [0, 0.05) is 28.9 Å². The maximum Gasteiger partial charge on any atom is 0.573 e. The standard InChI is InChI=1S/C21H13F4N2O2/c22-13-7-8-17-16(10-13)19-15(20(26)28)5-2-6-18(19)27(17)11-12-3-1-4-14(9-12)29-21(23,24)25/h1-9H,11H2,(H2,26,28). The van der Waals surface area contributed by atoms with Crippen molar-refractivity contribution in [1.82, 2.24) is 4.57 Å². The van der Waals surface area contributed by atoms with Gasteiger partial charge >= 0.3 is 6.36 Å². The van der Waals surface area contributed by atoms with Crippen LogP contribution in [0.25, 0.3) is 21.8 Å². The van der Waals surface area contributed by atoms with E-state index in [9.17, 15) is 22.4 Å². The number of hydrogen-bond acceptors (Lipinski definition) is 2. The van der Waals surface area contributed by atoms with E-state index in [1.54, 1.807) is 22.8 Å². The lowest BCUT2D eigenvalue weighted by Gasteiger charge is -2.12. The van der Waals surface area contributed by atoms with E-state index >= 15 is 0 Å². The molecule has 1 radical (unpaired) electrons. The Bertz CT molecular complexity index is 1240. The molecule has 0 atom stereocenters. The van der Waals surface area contributed by atoms with Crippen LogP contribution in [0.15, 0.2) is 54.6 Å². The molecule has 1 amide bonds. The van der Waals surface area contributed by atoms with Crippen molar-refractivity contribution >= 4 is 27.7 Å². The van der Waals surface area contributed by atoms with Gasteiger partial charge in [0.1, 0.15) is 11.6 Å². The number of alkyl halides is 3. The highest BCUT2D eigenvalue weighted by molar-refractivity contribution is 6.17. The lowest BCUT2D eigenvalue weighted by Crippen LogP contribution is -2.17. The summed E-state index contributed by atoms with van der Waals surface area (Å²) in [4.78, 5) is 11.9. The van der Waals surface area contributed by atoms with Crippen molar-refractivity contribution in [3.8, 4) is 5.75 Å². The second-order valence-corrected chi connectivity index (χ2v) is 6.41. The molecule has 4 rings (SSSR count). The molecule has 0 spiro atoms. The molecule has 4 aromatic rings.